The molecule has 8 heteroatoms. The highest BCUT2D eigenvalue weighted by Crippen LogP contribution is 2.17. The second-order valence-electron chi connectivity index (χ2n) is 5.95. The number of nitrogens with one attached hydrogen (secondary N) is 1. The average molecular weight is 367 g/mol. The summed E-state index contributed by atoms with van der Waals surface area (Å²) in [5.41, 5.74) is 2.38. The van der Waals surface area contributed by atoms with E-state index < -0.39 is 0 Å². The van der Waals surface area contributed by atoms with Gasteiger partial charge in [0.1, 0.15) is 12.4 Å². The highest BCUT2D eigenvalue weighted by molar-refractivity contribution is 7.71. The van der Waals surface area contributed by atoms with Crippen LogP contribution in [0.1, 0.15) is 17.0 Å². The van der Waals surface area contributed by atoms with Crippen LogP contribution in [0.25, 0.3) is 5.78 Å². The molecule has 0 aliphatic carbocycles. The van der Waals surface area contributed by atoms with E-state index in [0.29, 0.717) is 34.3 Å². The SMILES string of the molecule is Cc1cc(C)n2c(=S)n(C[NH+](C)Cc3c(F)cccc3Cl)nc2n1. The molecule has 0 amide bonds. The van der Waals surface area contributed by atoms with Gasteiger partial charge >= 0.3 is 0 Å². The van der Waals surface area contributed by atoms with Crippen molar-refractivity contribution in [3.8, 4) is 0 Å². The summed E-state index contributed by atoms with van der Waals surface area (Å²) in [6.07, 6.45) is 0. The lowest BCUT2D eigenvalue weighted by Crippen LogP contribution is -3.07. The molecule has 0 aliphatic rings. The number of rotatable bonds is 4. The predicted molar refractivity (Wildman–Crippen MR) is 93.3 cm³/mol. The van der Waals surface area contributed by atoms with Crippen molar-refractivity contribution in [1.82, 2.24) is 19.2 Å². The van der Waals surface area contributed by atoms with Crippen LogP contribution in [0.4, 0.5) is 4.39 Å². The molecule has 3 rings (SSSR count). The molecule has 0 aliphatic heterocycles. The summed E-state index contributed by atoms with van der Waals surface area (Å²) in [6, 6.07) is 6.68. The zero-order chi connectivity index (χ0) is 17.4. The molecule has 1 aromatic carbocycles. The van der Waals surface area contributed by atoms with Crippen LogP contribution in [0.5, 0.6) is 0 Å². The fourth-order valence-corrected chi connectivity index (χ4v) is 3.31. The van der Waals surface area contributed by atoms with Crippen molar-refractivity contribution in [2.24, 2.45) is 0 Å². The fraction of sp³-hybridized carbons (Fsp3) is 0.312. The molecule has 1 unspecified atom stereocenters. The van der Waals surface area contributed by atoms with Crippen LogP contribution < -0.4 is 4.90 Å². The first kappa shape index (κ1) is 17.0. The van der Waals surface area contributed by atoms with Crippen molar-refractivity contribution in [3.63, 3.8) is 0 Å². The third-order valence-electron chi connectivity index (χ3n) is 3.83. The van der Waals surface area contributed by atoms with Crippen molar-refractivity contribution in [1.29, 1.82) is 0 Å². The standard InChI is InChI=1S/C16H17ClFN5S/c1-10-7-11(2)23-15(19-10)20-22(16(23)24)9-21(3)8-12-13(17)5-4-6-14(12)18/h4-7H,8-9H2,1-3H3/p+1. The molecule has 0 saturated heterocycles. The summed E-state index contributed by atoms with van der Waals surface area (Å²) in [5.74, 6) is 0.280. The van der Waals surface area contributed by atoms with Crippen molar-refractivity contribution in [3.05, 3.63) is 56.8 Å². The number of benzene rings is 1. The van der Waals surface area contributed by atoms with Gasteiger partial charge in [-0.2, -0.15) is 4.68 Å². The third-order valence-corrected chi connectivity index (χ3v) is 4.58. The van der Waals surface area contributed by atoms with Crippen molar-refractivity contribution in [2.45, 2.75) is 27.1 Å². The summed E-state index contributed by atoms with van der Waals surface area (Å²) in [6.45, 7) is 4.82. The quantitative estimate of drug-likeness (QED) is 0.720. The molecule has 1 N–H and O–H groups in total. The molecule has 5 nitrogen and oxygen atoms in total. The van der Waals surface area contributed by atoms with E-state index in [1.807, 2.05) is 31.4 Å². The molecule has 0 radical (unpaired) electrons. The summed E-state index contributed by atoms with van der Waals surface area (Å²) in [7, 11) is 1.94. The van der Waals surface area contributed by atoms with E-state index in [1.165, 1.54) is 6.07 Å². The first-order valence-electron chi connectivity index (χ1n) is 7.55. The van der Waals surface area contributed by atoms with Gasteiger partial charge in [0.15, 0.2) is 6.67 Å². The van der Waals surface area contributed by atoms with Crippen molar-refractivity contribution in [2.75, 3.05) is 7.05 Å². The largest absolute Gasteiger partial charge is 0.315 e. The van der Waals surface area contributed by atoms with E-state index in [1.54, 1.807) is 16.8 Å². The molecule has 3 aromatic rings. The second-order valence-corrected chi connectivity index (χ2v) is 6.72. The molecular formula is C16H18ClFN5S+. The van der Waals surface area contributed by atoms with E-state index in [4.69, 9.17) is 23.8 Å². The van der Waals surface area contributed by atoms with Gasteiger partial charge in [-0.25, -0.2) is 9.37 Å². The van der Waals surface area contributed by atoms with Crippen LogP contribution in [-0.2, 0) is 13.2 Å². The number of nitrogens with zero attached hydrogens (tertiary/aromatic N) is 4. The lowest BCUT2D eigenvalue weighted by atomic mass is 10.2. The molecule has 0 bridgehead atoms. The van der Waals surface area contributed by atoms with Crippen LogP contribution in [0.2, 0.25) is 5.02 Å². The van der Waals surface area contributed by atoms with Crippen LogP contribution in [0.3, 0.4) is 0 Å². The predicted octanol–water partition coefficient (Wildman–Crippen LogP) is 2.34. The molecule has 2 heterocycles. The smallest absolute Gasteiger partial charge is 0.254 e. The molecular weight excluding hydrogens is 349 g/mol. The van der Waals surface area contributed by atoms with Gasteiger partial charge in [0, 0.05) is 11.4 Å². The summed E-state index contributed by atoms with van der Waals surface area (Å²) >= 11 is 11.6. The Hall–Kier alpha value is -1.83. The van der Waals surface area contributed by atoms with Gasteiger partial charge in [0.25, 0.3) is 5.78 Å². The first-order valence-corrected chi connectivity index (χ1v) is 8.33. The van der Waals surface area contributed by atoms with Gasteiger partial charge in [-0.1, -0.05) is 17.7 Å². The maximum Gasteiger partial charge on any atom is 0.254 e. The van der Waals surface area contributed by atoms with Gasteiger partial charge in [-0.3, -0.25) is 4.40 Å². The minimum absolute atomic E-state index is 0.298. The van der Waals surface area contributed by atoms with Crippen LogP contribution in [-0.4, -0.2) is 26.2 Å². The Morgan fingerprint density at radius 2 is 2.08 bits per heavy atom. The van der Waals surface area contributed by atoms with Gasteiger partial charge in [-0.05, 0) is 44.3 Å². The van der Waals surface area contributed by atoms with Gasteiger partial charge in [0.2, 0.25) is 4.77 Å². The first-order chi connectivity index (χ1) is 11.4. The van der Waals surface area contributed by atoms with E-state index in [9.17, 15) is 4.39 Å². The number of hydrogen-bond acceptors (Lipinski definition) is 3. The lowest BCUT2D eigenvalue weighted by molar-refractivity contribution is -0.917. The third kappa shape index (κ3) is 3.19. The van der Waals surface area contributed by atoms with Crippen LogP contribution in [0, 0.1) is 24.4 Å². The Kier molecular flexibility index (Phi) is 4.67. The van der Waals surface area contributed by atoms with E-state index in [2.05, 4.69) is 10.1 Å². The monoisotopic (exact) mass is 366 g/mol. The molecule has 0 saturated carbocycles. The maximum absolute atomic E-state index is 13.9. The Labute approximate surface area is 149 Å². The van der Waals surface area contributed by atoms with Crippen molar-refractivity contribution >= 4 is 29.6 Å². The van der Waals surface area contributed by atoms with E-state index in [-0.39, 0.29) is 5.82 Å². The van der Waals surface area contributed by atoms with E-state index >= 15 is 0 Å². The number of hydrogen-bond donors (Lipinski definition) is 1. The summed E-state index contributed by atoms with van der Waals surface area (Å²) in [4.78, 5) is 5.42. The molecule has 1 atom stereocenters. The normalized spacial score (nSPS) is 12.7. The maximum atomic E-state index is 13.9. The fourth-order valence-electron chi connectivity index (χ4n) is 2.75. The Balaban J connectivity index is 1.89. The number of quaternary nitrogens is 1. The molecule has 24 heavy (non-hydrogen) atoms. The zero-order valence-electron chi connectivity index (χ0n) is 13.7. The number of aryl methyl sites for hydroxylation is 2. The minimum atomic E-state index is -0.298. The summed E-state index contributed by atoms with van der Waals surface area (Å²) in [5, 5.41) is 4.91. The van der Waals surface area contributed by atoms with E-state index in [0.717, 1.165) is 16.3 Å². The lowest BCUT2D eigenvalue weighted by Gasteiger charge is -2.15. The highest BCUT2D eigenvalue weighted by Gasteiger charge is 2.15. The number of aromatic nitrogens is 4. The molecule has 0 spiro atoms. The Morgan fingerprint density at radius 3 is 2.79 bits per heavy atom. The summed E-state index contributed by atoms with van der Waals surface area (Å²) < 4.78 is 18.1. The highest BCUT2D eigenvalue weighted by atomic mass is 35.5. The Morgan fingerprint density at radius 1 is 1.33 bits per heavy atom. The number of fused-ring (bicyclic) bond motifs is 1. The minimum Gasteiger partial charge on any atom is -0.315 e. The number of halogens is 2. The second kappa shape index (κ2) is 6.58. The van der Waals surface area contributed by atoms with Crippen LogP contribution >= 0.6 is 23.8 Å². The average Bonchev–Trinajstić information content (AvgIpc) is 2.79. The van der Waals surface area contributed by atoms with Crippen LogP contribution in [0.15, 0.2) is 24.3 Å². The van der Waals surface area contributed by atoms with Gasteiger partial charge < -0.3 is 4.90 Å². The molecule has 126 valence electrons. The van der Waals surface area contributed by atoms with Gasteiger partial charge in [-0.15, -0.1) is 5.10 Å². The Bertz CT molecular complexity index is 945. The molecule has 2 aromatic heterocycles. The zero-order valence-corrected chi connectivity index (χ0v) is 15.2. The topological polar surface area (TPSA) is 39.6 Å². The molecule has 0 fully saturated rings. The van der Waals surface area contributed by atoms with Crippen molar-refractivity contribution < 1.29 is 9.29 Å². The van der Waals surface area contributed by atoms with Gasteiger partial charge in [0.05, 0.1) is 17.6 Å².